The molecule has 2 aromatic carbocycles. The van der Waals surface area contributed by atoms with Crippen LogP contribution < -0.4 is 5.69 Å². The molecule has 10 heteroatoms. The maximum atomic E-state index is 12.7. The zero-order valence-electron chi connectivity index (χ0n) is 15.5. The Morgan fingerprint density at radius 1 is 1.10 bits per heavy atom. The van der Waals surface area contributed by atoms with Crippen LogP contribution >= 0.6 is 23.4 Å². The van der Waals surface area contributed by atoms with Gasteiger partial charge < -0.3 is 0 Å². The molecule has 0 aliphatic rings. The van der Waals surface area contributed by atoms with E-state index >= 15 is 0 Å². The SMILES string of the molecule is Cc1nn2c(=O)[nH]c(SCc3ccc(C(F)(F)F)cc3)nc2c1-c1ccc(Cl)cc1. The molecule has 4 rings (SSSR count). The average molecular weight is 451 g/mol. The maximum absolute atomic E-state index is 12.7. The Hall–Kier alpha value is -2.78. The van der Waals surface area contributed by atoms with Crippen LogP contribution in [0.5, 0.6) is 0 Å². The first-order chi connectivity index (χ1) is 14.2. The van der Waals surface area contributed by atoms with E-state index in [4.69, 9.17) is 11.6 Å². The van der Waals surface area contributed by atoms with Crippen molar-refractivity contribution in [2.24, 2.45) is 0 Å². The third-order valence-corrected chi connectivity index (χ3v) is 5.64. The summed E-state index contributed by atoms with van der Waals surface area (Å²) in [5.74, 6) is 0.348. The van der Waals surface area contributed by atoms with Gasteiger partial charge in [-0.05, 0) is 42.3 Å². The van der Waals surface area contributed by atoms with Crippen LogP contribution in [0.25, 0.3) is 16.8 Å². The second-order valence-corrected chi connectivity index (χ2v) is 7.93. The third kappa shape index (κ3) is 4.08. The molecule has 5 nitrogen and oxygen atoms in total. The highest BCUT2D eigenvalue weighted by Gasteiger charge is 2.29. The zero-order valence-corrected chi connectivity index (χ0v) is 17.1. The summed E-state index contributed by atoms with van der Waals surface area (Å²) in [5.41, 5.74) is 2.11. The first-order valence-corrected chi connectivity index (χ1v) is 10.1. The van der Waals surface area contributed by atoms with Gasteiger partial charge in [-0.25, -0.2) is 9.78 Å². The van der Waals surface area contributed by atoms with Crippen LogP contribution in [0.15, 0.2) is 58.5 Å². The molecule has 0 aliphatic heterocycles. The van der Waals surface area contributed by atoms with Gasteiger partial charge in [-0.2, -0.15) is 22.8 Å². The molecule has 0 fully saturated rings. The van der Waals surface area contributed by atoms with E-state index in [9.17, 15) is 18.0 Å². The van der Waals surface area contributed by atoms with Gasteiger partial charge in [0.1, 0.15) is 0 Å². The van der Waals surface area contributed by atoms with Crippen LogP contribution in [0, 0.1) is 6.92 Å². The van der Waals surface area contributed by atoms with Gasteiger partial charge in [-0.1, -0.05) is 47.6 Å². The number of aryl methyl sites for hydroxylation is 1. The van der Waals surface area contributed by atoms with E-state index in [2.05, 4.69) is 15.1 Å². The number of hydrogen-bond donors (Lipinski definition) is 1. The summed E-state index contributed by atoms with van der Waals surface area (Å²) in [5, 5.41) is 5.20. The minimum Gasteiger partial charge on any atom is -0.285 e. The molecule has 2 heterocycles. The average Bonchev–Trinajstić information content (AvgIpc) is 3.03. The molecule has 154 valence electrons. The monoisotopic (exact) mass is 450 g/mol. The quantitative estimate of drug-likeness (QED) is 0.425. The second kappa shape index (κ2) is 7.81. The van der Waals surface area contributed by atoms with Crippen molar-refractivity contribution >= 4 is 29.0 Å². The fourth-order valence-corrected chi connectivity index (χ4v) is 3.93. The molecule has 0 atom stereocenters. The lowest BCUT2D eigenvalue weighted by Crippen LogP contribution is -2.19. The Morgan fingerprint density at radius 3 is 2.40 bits per heavy atom. The number of hydrogen-bond acceptors (Lipinski definition) is 4. The van der Waals surface area contributed by atoms with E-state index in [1.165, 1.54) is 28.4 Å². The predicted molar refractivity (Wildman–Crippen MR) is 110 cm³/mol. The van der Waals surface area contributed by atoms with E-state index in [-0.39, 0.29) is 0 Å². The van der Waals surface area contributed by atoms with Gasteiger partial charge >= 0.3 is 11.9 Å². The van der Waals surface area contributed by atoms with Crippen LogP contribution in [0.2, 0.25) is 5.02 Å². The molecule has 1 N–H and O–H groups in total. The molecular weight excluding hydrogens is 437 g/mol. The minimum atomic E-state index is -4.37. The summed E-state index contributed by atoms with van der Waals surface area (Å²) in [6, 6.07) is 12.0. The summed E-state index contributed by atoms with van der Waals surface area (Å²) in [4.78, 5) is 19.6. The van der Waals surface area contributed by atoms with Gasteiger partial charge in [0.15, 0.2) is 10.8 Å². The molecule has 0 spiro atoms. The smallest absolute Gasteiger partial charge is 0.285 e. The fraction of sp³-hybridized carbons (Fsp3) is 0.150. The highest BCUT2D eigenvalue weighted by atomic mass is 35.5. The van der Waals surface area contributed by atoms with Crippen molar-refractivity contribution in [2.75, 3.05) is 0 Å². The number of aromatic amines is 1. The summed E-state index contributed by atoms with van der Waals surface area (Å²) in [6.45, 7) is 1.78. The van der Waals surface area contributed by atoms with Gasteiger partial charge in [-0.15, -0.1) is 0 Å². The van der Waals surface area contributed by atoms with Crippen molar-refractivity contribution in [3.05, 3.63) is 80.9 Å². The Morgan fingerprint density at radius 2 is 1.77 bits per heavy atom. The number of nitrogens with one attached hydrogen (secondary N) is 1. The topological polar surface area (TPSA) is 63.1 Å². The number of halogens is 4. The maximum Gasteiger partial charge on any atom is 0.416 e. The second-order valence-electron chi connectivity index (χ2n) is 6.53. The molecule has 0 aliphatic carbocycles. The zero-order chi connectivity index (χ0) is 21.5. The first-order valence-electron chi connectivity index (χ1n) is 8.77. The molecule has 0 radical (unpaired) electrons. The molecule has 0 unspecified atom stereocenters. The number of alkyl halides is 3. The van der Waals surface area contributed by atoms with Crippen LogP contribution in [0.3, 0.4) is 0 Å². The van der Waals surface area contributed by atoms with Gasteiger partial charge in [-0.3, -0.25) is 4.98 Å². The number of nitrogens with zero attached hydrogens (tertiary/aromatic N) is 3. The van der Waals surface area contributed by atoms with Crippen LogP contribution in [0.1, 0.15) is 16.8 Å². The molecule has 4 aromatic rings. The van der Waals surface area contributed by atoms with E-state index in [1.54, 1.807) is 19.1 Å². The van der Waals surface area contributed by atoms with Crippen LogP contribution in [0.4, 0.5) is 13.2 Å². The standard InChI is InChI=1S/C20H14ClF3N4OS/c1-11-16(13-4-8-15(21)9-5-13)17-25-18(26-19(29)28(17)27-11)30-10-12-2-6-14(7-3-12)20(22,23)24/h2-9H,10H2,1H3,(H,25,26,29). The summed E-state index contributed by atoms with van der Waals surface area (Å²) >= 11 is 7.18. The predicted octanol–water partition coefficient (Wildman–Crippen LogP) is 5.36. The van der Waals surface area contributed by atoms with Crippen molar-refractivity contribution in [1.29, 1.82) is 0 Å². The molecule has 0 amide bonds. The van der Waals surface area contributed by atoms with Gasteiger partial charge in [0.25, 0.3) is 0 Å². The largest absolute Gasteiger partial charge is 0.416 e. The van der Waals surface area contributed by atoms with E-state index in [0.29, 0.717) is 38.4 Å². The molecule has 2 aromatic heterocycles. The summed E-state index contributed by atoms with van der Waals surface area (Å²) in [6.07, 6.45) is -4.37. The van der Waals surface area contributed by atoms with E-state index in [1.807, 2.05) is 12.1 Å². The van der Waals surface area contributed by atoms with E-state index in [0.717, 1.165) is 17.7 Å². The highest BCUT2D eigenvalue weighted by Crippen LogP contribution is 2.31. The number of thioether (sulfide) groups is 1. The molecule has 30 heavy (non-hydrogen) atoms. The van der Waals surface area contributed by atoms with Gasteiger partial charge in [0, 0.05) is 16.3 Å². The van der Waals surface area contributed by atoms with Gasteiger partial charge in [0.05, 0.1) is 11.3 Å². The lowest BCUT2D eigenvalue weighted by Gasteiger charge is -2.07. The van der Waals surface area contributed by atoms with Crippen molar-refractivity contribution in [2.45, 2.75) is 24.0 Å². The first kappa shape index (κ1) is 20.5. The fourth-order valence-electron chi connectivity index (χ4n) is 2.99. The lowest BCUT2D eigenvalue weighted by atomic mass is 10.1. The van der Waals surface area contributed by atoms with Crippen molar-refractivity contribution in [3.8, 4) is 11.1 Å². The van der Waals surface area contributed by atoms with Crippen molar-refractivity contribution in [1.82, 2.24) is 19.6 Å². The highest BCUT2D eigenvalue weighted by molar-refractivity contribution is 7.98. The Kier molecular flexibility index (Phi) is 5.33. The Balaban J connectivity index is 1.65. The minimum absolute atomic E-state index is 0.348. The Bertz CT molecular complexity index is 1260. The molecule has 0 bridgehead atoms. The summed E-state index contributed by atoms with van der Waals surface area (Å²) in [7, 11) is 0. The number of rotatable bonds is 4. The normalized spacial score (nSPS) is 11.9. The van der Waals surface area contributed by atoms with Crippen molar-refractivity contribution < 1.29 is 13.2 Å². The van der Waals surface area contributed by atoms with Crippen LogP contribution in [-0.4, -0.2) is 19.6 Å². The third-order valence-electron chi connectivity index (χ3n) is 4.44. The summed E-state index contributed by atoms with van der Waals surface area (Å²) < 4.78 is 39.3. The van der Waals surface area contributed by atoms with Crippen molar-refractivity contribution in [3.63, 3.8) is 0 Å². The number of H-pyrrole nitrogens is 1. The molecule has 0 saturated heterocycles. The molecular formula is C20H14ClF3N4OS. The number of benzene rings is 2. The number of aromatic nitrogens is 4. The van der Waals surface area contributed by atoms with Gasteiger partial charge in [0.2, 0.25) is 0 Å². The molecule has 0 saturated carbocycles. The Labute approximate surface area is 177 Å². The van der Waals surface area contributed by atoms with Crippen LogP contribution in [-0.2, 0) is 11.9 Å². The lowest BCUT2D eigenvalue weighted by molar-refractivity contribution is -0.137. The van der Waals surface area contributed by atoms with E-state index < -0.39 is 17.4 Å². The number of fused-ring (bicyclic) bond motifs is 1.